The Morgan fingerprint density at radius 1 is 1.30 bits per heavy atom. The van der Waals surface area contributed by atoms with Crippen molar-refractivity contribution in [2.75, 3.05) is 19.7 Å². The maximum atomic E-state index is 14.7. The zero-order chi connectivity index (χ0) is 23.4. The summed E-state index contributed by atoms with van der Waals surface area (Å²) in [6, 6.07) is 6.02. The largest absolute Gasteiger partial charge is 0.466 e. The summed E-state index contributed by atoms with van der Waals surface area (Å²) in [6.45, 7) is 3.82. The summed E-state index contributed by atoms with van der Waals surface area (Å²) in [5.41, 5.74) is 2.43. The second-order valence-corrected chi connectivity index (χ2v) is 9.31. The third-order valence-corrected chi connectivity index (χ3v) is 6.76. The number of piperidine rings is 1. The second kappa shape index (κ2) is 10.7. The molecule has 1 aliphatic carbocycles. The minimum Gasteiger partial charge on any atom is -0.466 e. The molecule has 0 spiro atoms. The van der Waals surface area contributed by atoms with E-state index in [9.17, 15) is 14.0 Å². The maximum absolute atomic E-state index is 14.7. The first kappa shape index (κ1) is 23.7. The van der Waals surface area contributed by atoms with Crippen LogP contribution in [0.15, 0.2) is 42.2 Å². The Morgan fingerprint density at radius 3 is 2.82 bits per heavy atom. The van der Waals surface area contributed by atoms with Crippen LogP contribution in [0.5, 0.6) is 0 Å². The van der Waals surface area contributed by atoms with Crippen LogP contribution in [0.2, 0.25) is 0 Å². The van der Waals surface area contributed by atoms with E-state index in [1.807, 2.05) is 12.3 Å². The molecule has 1 aromatic carbocycles. The number of aromatic nitrogens is 2. The Balaban J connectivity index is 1.51. The monoisotopic (exact) mass is 471 g/mol. The number of aryl methyl sites for hydroxylation is 1. The van der Waals surface area contributed by atoms with Crippen LogP contribution in [-0.2, 0) is 20.9 Å². The van der Waals surface area contributed by atoms with Crippen LogP contribution < -0.4 is 0 Å². The van der Waals surface area contributed by atoms with Crippen molar-refractivity contribution in [2.24, 2.45) is 5.92 Å². The molecule has 2 atom stereocenters. The SMILES string of the molecule is CCOC(=O)CCn1cc(/C=C2/CN(C(C(=O)C3CC3)c3ccccc3F)CCC2S)cn1. The van der Waals surface area contributed by atoms with Gasteiger partial charge in [-0.2, -0.15) is 17.7 Å². The molecule has 6 nitrogen and oxygen atoms in total. The molecule has 1 saturated heterocycles. The Labute approximate surface area is 199 Å². The topological polar surface area (TPSA) is 64.4 Å². The number of likely N-dealkylation sites (tertiary alicyclic amines) is 1. The molecular weight excluding hydrogens is 441 g/mol. The molecule has 2 aliphatic rings. The molecule has 1 aliphatic heterocycles. The average Bonchev–Trinajstić information content (AvgIpc) is 3.56. The maximum Gasteiger partial charge on any atom is 0.307 e. The summed E-state index contributed by atoms with van der Waals surface area (Å²) in [7, 11) is 0. The lowest BCUT2D eigenvalue weighted by atomic mass is 9.93. The molecule has 1 aromatic heterocycles. The van der Waals surface area contributed by atoms with E-state index in [1.165, 1.54) is 6.07 Å². The summed E-state index contributed by atoms with van der Waals surface area (Å²) in [5, 5.41) is 4.39. The number of ether oxygens (including phenoxy) is 1. The molecule has 2 fully saturated rings. The Bertz CT molecular complexity index is 1030. The van der Waals surface area contributed by atoms with E-state index < -0.39 is 6.04 Å². The predicted molar refractivity (Wildman–Crippen MR) is 127 cm³/mol. The van der Waals surface area contributed by atoms with Crippen LogP contribution in [-0.4, -0.2) is 51.4 Å². The zero-order valence-corrected chi connectivity index (χ0v) is 19.7. The van der Waals surface area contributed by atoms with Crippen LogP contribution in [0.1, 0.15) is 49.8 Å². The summed E-state index contributed by atoms with van der Waals surface area (Å²) in [5.74, 6) is -0.430. The first-order valence-electron chi connectivity index (χ1n) is 11.5. The normalized spacial score (nSPS) is 21.2. The fourth-order valence-electron chi connectivity index (χ4n) is 4.30. The third kappa shape index (κ3) is 5.92. The van der Waals surface area contributed by atoms with Gasteiger partial charge in [0.1, 0.15) is 5.82 Å². The molecule has 176 valence electrons. The van der Waals surface area contributed by atoms with Gasteiger partial charge < -0.3 is 4.74 Å². The van der Waals surface area contributed by atoms with Crippen molar-refractivity contribution >= 4 is 30.5 Å². The van der Waals surface area contributed by atoms with Gasteiger partial charge >= 0.3 is 5.97 Å². The Kier molecular flexibility index (Phi) is 7.65. The zero-order valence-electron chi connectivity index (χ0n) is 18.8. The molecule has 33 heavy (non-hydrogen) atoms. The van der Waals surface area contributed by atoms with Crippen molar-refractivity contribution in [3.8, 4) is 0 Å². The quantitative estimate of drug-likeness (QED) is 0.441. The highest BCUT2D eigenvalue weighted by molar-refractivity contribution is 7.81. The number of Topliss-reactive ketones (excluding diaryl/α,β-unsaturated/α-hetero) is 1. The number of thiol groups is 1. The van der Waals surface area contributed by atoms with Gasteiger partial charge in [-0.3, -0.25) is 19.2 Å². The van der Waals surface area contributed by atoms with Crippen molar-refractivity contribution in [1.82, 2.24) is 14.7 Å². The highest BCUT2D eigenvalue weighted by Crippen LogP contribution is 2.39. The average molecular weight is 472 g/mol. The molecule has 2 aromatic rings. The van der Waals surface area contributed by atoms with Crippen molar-refractivity contribution in [3.63, 3.8) is 0 Å². The summed E-state index contributed by atoms with van der Waals surface area (Å²) < 4.78 is 21.4. The van der Waals surface area contributed by atoms with Gasteiger partial charge in [0.2, 0.25) is 0 Å². The number of ketones is 1. The van der Waals surface area contributed by atoms with E-state index in [1.54, 1.807) is 36.0 Å². The number of carbonyl (C=O) groups excluding carboxylic acids is 2. The van der Waals surface area contributed by atoms with E-state index in [0.717, 1.165) is 30.4 Å². The van der Waals surface area contributed by atoms with Gasteiger partial charge in [0.25, 0.3) is 0 Å². The highest BCUT2D eigenvalue weighted by atomic mass is 32.1. The van der Waals surface area contributed by atoms with Gasteiger partial charge in [0, 0.05) is 41.6 Å². The number of nitrogens with zero attached hydrogens (tertiary/aromatic N) is 3. The third-order valence-electron chi connectivity index (χ3n) is 6.17. The van der Waals surface area contributed by atoms with Crippen molar-refractivity contribution in [1.29, 1.82) is 0 Å². The van der Waals surface area contributed by atoms with Gasteiger partial charge in [-0.25, -0.2) is 4.39 Å². The minimum absolute atomic E-state index is 0.0355. The smallest absolute Gasteiger partial charge is 0.307 e. The molecule has 2 heterocycles. The van der Waals surface area contributed by atoms with E-state index in [-0.39, 0.29) is 35.2 Å². The van der Waals surface area contributed by atoms with Gasteiger partial charge in [-0.15, -0.1) is 0 Å². The molecule has 8 heteroatoms. The van der Waals surface area contributed by atoms with E-state index >= 15 is 0 Å². The van der Waals surface area contributed by atoms with Gasteiger partial charge in [0.15, 0.2) is 5.78 Å². The number of halogens is 1. The van der Waals surface area contributed by atoms with E-state index in [2.05, 4.69) is 10.00 Å². The van der Waals surface area contributed by atoms with Crippen LogP contribution in [0.4, 0.5) is 4.39 Å². The van der Waals surface area contributed by atoms with E-state index in [4.69, 9.17) is 17.4 Å². The van der Waals surface area contributed by atoms with Crippen molar-refractivity contribution in [3.05, 3.63) is 59.2 Å². The van der Waals surface area contributed by atoms with Gasteiger partial charge in [-0.05, 0) is 37.8 Å². The lowest BCUT2D eigenvalue weighted by Gasteiger charge is -2.37. The van der Waals surface area contributed by atoms with Crippen molar-refractivity contribution in [2.45, 2.75) is 50.4 Å². The number of benzene rings is 1. The van der Waals surface area contributed by atoms with Gasteiger partial charge in [-0.1, -0.05) is 24.3 Å². The summed E-state index contributed by atoms with van der Waals surface area (Å²) in [4.78, 5) is 26.9. The number of hydrogen-bond donors (Lipinski definition) is 1. The minimum atomic E-state index is -0.574. The Hall–Kier alpha value is -2.45. The fraction of sp³-hybridized carbons (Fsp3) is 0.480. The molecule has 0 amide bonds. The van der Waals surface area contributed by atoms with Crippen LogP contribution in [0, 0.1) is 11.7 Å². The number of rotatable bonds is 9. The molecular formula is C25H30FN3O3S. The first-order chi connectivity index (χ1) is 16.0. The molecule has 1 saturated carbocycles. The molecule has 2 unspecified atom stereocenters. The van der Waals surface area contributed by atoms with E-state index in [0.29, 0.717) is 31.8 Å². The van der Waals surface area contributed by atoms with Crippen LogP contribution in [0.3, 0.4) is 0 Å². The lowest BCUT2D eigenvalue weighted by Crippen LogP contribution is -2.42. The fourth-order valence-corrected chi connectivity index (χ4v) is 4.57. The van der Waals surface area contributed by atoms with Gasteiger partial charge in [0.05, 0.1) is 31.8 Å². The number of esters is 1. The molecule has 4 rings (SSSR count). The lowest BCUT2D eigenvalue weighted by molar-refractivity contribution is -0.143. The molecule has 0 bridgehead atoms. The van der Waals surface area contributed by atoms with Crippen LogP contribution in [0.25, 0.3) is 6.08 Å². The predicted octanol–water partition coefficient (Wildman–Crippen LogP) is 4.08. The standard InChI is InChI=1S/C25H30FN3O3S/c1-2-32-23(30)10-12-29-15-17(14-27-29)13-19-16-28(11-9-22(19)33)24(25(31)18-7-8-18)20-5-3-4-6-21(20)26/h3-6,13-15,18,22,24,33H,2,7-12,16H2,1H3/b19-13-. The second-order valence-electron chi connectivity index (χ2n) is 8.69. The van der Waals surface area contributed by atoms with Crippen LogP contribution >= 0.6 is 12.6 Å². The molecule has 0 N–H and O–H groups in total. The number of carbonyl (C=O) groups is 2. The highest BCUT2D eigenvalue weighted by Gasteiger charge is 2.40. The first-order valence-corrected chi connectivity index (χ1v) is 12.1. The molecule has 0 radical (unpaired) electrons. The number of hydrogen-bond acceptors (Lipinski definition) is 6. The summed E-state index contributed by atoms with van der Waals surface area (Å²) in [6.07, 6.45) is 8.49. The van der Waals surface area contributed by atoms with Crippen molar-refractivity contribution < 1.29 is 18.7 Å². The Morgan fingerprint density at radius 2 is 2.09 bits per heavy atom. The summed E-state index contributed by atoms with van der Waals surface area (Å²) >= 11 is 4.76.